The minimum Gasteiger partial charge on any atom is -0.326 e. The van der Waals surface area contributed by atoms with Gasteiger partial charge < -0.3 is 5.73 Å². The van der Waals surface area contributed by atoms with Crippen molar-refractivity contribution in [2.75, 3.05) is 13.1 Å². The summed E-state index contributed by atoms with van der Waals surface area (Å²) in [6.45, 7) is 3.84. The maximum atomic E-state index is 13.2. The minimum absolute atomic E-state index is 0.00445. The zero-order valence-corrected chi connectivity index (χ0v) is 9.29. The normalized spacial score (nSPS) is 26.2. The maximum Gasteiger partial charge on any atom is 0.159 e. The van der Waals surface area contributed by atoms with Crippen LogP contribution in [0.15, 0.2) is 18.2 Å². The second-order valence-electron chi connectivity index (χ2n) is 4.20. The number of hydrogen-bond acceptors (Lipinski definition) is 2. The molecule has 1 aromatic rings. The third-order valence-electron chi connectivity index (χ3n) is 3.24. The van der Waals surface area contributed by atoms with Crippen LogP contribution in [0.1, 0.15) is 24.9 Å². The minimum atomic E-state index is -0.807. The van der Waals surface area contributed by atoms with Crippen LogP contribution in [0.4, 0.5) is 8.78 Å². The first-order chi connectivity index (χ1) is 7.63. The molecular formula is C12H16F2N2. The van der Waals surface area contributed by atoms with Gasteiger partial charge in [0.1, 0.15) is 0 Å². The standard InChI is InChI=1S/C12H16F2N2/c1-2-16-6-5-11(15)12(16)8-3-4-9(13)10(14)7-8/h3-4,7,11-12H,2,5-6,15H2,1H3/t11-,12+/m1/s1. The Balaban J connectivity index is 2.31. The predicted octanol–water partition coefficient (Wildman–Crippen LogP) is 2.06. The van der Waals surface area contributed by atoms with Gasteiger partial charge in [-0.25, -0.2) is 8.78 Å². The summed E-state index contributed by atoms with van der Waals surface area (Å²) < 4.78 is 26.0. The van der Waals surface area contributed by atoms with Gasteiger partial charge in [-0.3, -0.25) is 4.90 Å². The Bertz CT molecular complexity index is 381. The van der Waals surface area contributed by atoms with Gasteiger partial charge in [-0.15, -0.1) is 0 Å². The van der Waals surface area contributed by atoms with Crippen LogP contribution in [0.3, 0.4) is 0 Å². The average Bonchev–Trinajstić information content (AvgIpc) is 2.64. The fourth-order valence-electron chi connectivity index (χ4n) is 2.39. The van der Waals surface area contributed by atoms with Crippen LogP contribution < -0.4 is 5.73 Å². The molecule has 1 aliphatic rings. The molecule has 2 N–H and O–H groups in total. The van der Waals surface area contributed by atoms with Gasteiger partial charge in [-0.2, -0.15) is 0 Å². The van der Waals surface area contributed by atoms with Crippen LogP contribution in [-0.4, -0.2) is 24.0 Å². The number of halogens is 2. The van der Waals surface area contributed by atoms with E-state index < -0.39 is 11.6 Å². The van der Waals surface area contributed by atoms with Crippen molar-refractivity contribution in [3.05, 3.63) is 35.4 Å². The molecular weight excluding hydrogens is 210 g/mol. The summed E-state index contributed by atoms with van der Waals surface area (Å²) in [6.07, 6.45) is 0.900. The van der Waals surface area contributed by atoms with E-state index in [-0.39, 0.29) is 12.1 Å². The van der Waals surface area contributed by atoms with Crippen molar-refractivity contribution < 1.29 is 8.78 Å². The van der Waals surface area contributed by atoms with Crippen LogP contribution >= 0.6 is 0 Å². The average molecular weight is 226 g/mol. The molecule has 1 saturated heterocycles. The molecule has 1 aromatic carbocycles. The van der Waals surface area contributed by atoms with Crippen molar-refractivity contribution in [1.29, 1.82) is 0 Å². The van der Waals surface area contributed by atoms with Crippen molar-refractivity contribution in [3.63, 3.8) is 0 Å². The second kappa shape index (κ2) is 4.47. The van der Waals surface area contributed by atoms with E-state index in [4.69, 9.17) is 5.73 Å². The Labute approximate surface area is 94.0 Å². The molecule has 88 valence electrons. The molecule has 0 bridgehead atoms. The van der Waals surface area contributed by atoms with E-state index in [1.165, 1.54) is 12.1 Å². The Hall–Kier alpha value is -1.00. The van der Waals surface area contributed by atoms with E-state index in [1.54, 1.807) is 6.07 Å². The van der Waals surface area contributed by atoms with Crippen LogP contribution in [0.25, 0.3) is 0 Å². The zero-order chi connectivity index (χ0) is 11.7. The fraction of sp³-hybridized carbons (Fsp3) is 0.500. The van der Waals surface area contributed by atoms with Gasteiger partial charge in [0.05, 0.1) is 6.04 Å². The van der Waals surface area contributed by atoms with Crippen LogP contribution in [0.5, 0.6) is 0 Å². The van der Waals surface area contributed by atoms with Gasteiger partial charge >= 0.3 is 0 Å². The lowest BCUT2D eigenvalue weighted by molar-refractivity contribution is 0.260. The summed E-state index contributed by atoms with van der Waals surface area (Å²) in [7, 11) is 0. The topological polar surface area (TPSA) is 29.3 Å². The number of rotatable bonds is 2. The highest BCUT2D eigenvalue weighted by Crippen LogP contribution is 2.31. The molecule has 0 radical (unpaired) electrons. The molecule has 0 aliphatic carbocycles. The highest BCUT2D eigenvalue weighted by molar-refractivity contribution is 5.24. The third kappa shape index (κ3) is 1.95. The highest BCUT2D eigenvalue weighted by atomic mass is 19.2. The van der Waals surface area contributed by atoms with Crippen molar-refractivity contribution in [3.8, 4) is 0 Å². The monoisotopic (exact) mass is 226 g/mol. The van der Waals surface area contributed by atoms with Gasteiger partial charge in [0.2, 0.25) is 0 Å². The van der Waals surface area contributed by atoms with Crippen LogP contribution in [0.2, 0.25) is 0 Å². The van der Waals surface area contributed by atoms with Gasteiger partial charge in [-0.1, -0.05) is 13.0 Å². The lowest BCUT2D eigenvalue weighted by Crippen LogP contribution is -2.31. The molecule has 0 amide bonds. The quantitative estimate of drug-likeness (QED) is 0.836. The van der Waals surface area contributed by atoms with Crippen molar-refractivity contribution in [2.24, 2.45) is 5.73 Å². The Morgan fingerprint density at radius 2 is 2.12 bits per heavy atom. The first kappa shape index (κ1) is 11.5. The SMILES string of the molecule is CCN1CC[C@@H](N)[C@@H]1c1ccc(F)c(F)c1. The number of hydrogen-bond donors (Lipinski definition) is 1. The third-order valence-corrected chi connectivity index (χ3v) is 3.24. The summed E-state index contributed by atoms with van der Waals surface area (Å²) in [5.41, 5.74) is 6.78. The molecule has 2 rings (SSSR count). The molecule has 0 saturated carbocycles. The van der Waals surface area contributed by atoms with Crippen molar-refractivity contribution in [2.45, 2.75) is 25.4 Å². The number of nitrogens with zero attached hydrogens (tertiary/aromatic N) is 1. The summed E-state index contributed by atoms with van der Waals surface area (Å²) >= 11 is 0. The Morgan fingerprint density at radius 3 is 2.75 bits per heavy atom. The number of nitrogens with two attached hydrogens (primary N) is 1. The first-order valence-corrected chi connectivity index (χ1v) is 5.58. The maximum absolute atomic E-state index is 13.2. The summed E-state index contributed by atoms with van der Waals surface area (Å²) in [5, 5.41) is 0. The molecule has 2 atom stereocenters. The molecule has 1 heterocycles. The van der Waals surface area contributed by atoms with Gasteiger partial charge in [0, 0.05) is 12.6 Å². The van der Waals surface area contributed by atoms with Gasteiger partial charge in [0.25, 0.3) is 0 Å². The molecule has 16 heavy (non-hydrogen) atoms. The molecule has 0 aromatic heterocycles. The highest BCUT2D eigenvalue weighted by Gasteiger charge is 2.32. The largest absolute Gasteiger partial charge is 0.326 e. The fourth-order valence-corrected chi connectivity index (χ4v) is 2.39. The van der Waals surface area contributed by atoms with Gasteiger partial charge in [-0.05, 0) is 30.7 Å². The molecule has 0 spiro atoms. The zero-order valence-electron chi connectivity index (χ0n) is 9.29. The lowest BCUT2D eigenvalue weighted by Gasteiger charge is -2.25. The van der Waals surface area contributed by atoms with Crippen LogP contribution in [0, 0.1) is 11.6 Å². The molecule has 0 unspecified atom stereocenters. The number of benzene rings is 1. The second-order valence-corrected chi connectivity index (χ2v) is 4.20. The molecule has 1 aliphatic heterocycles. The molecule has 2 nitrogen and oxygen atoms in total. The van der Waals surface area contributed by atoms with E-state index in [0.717, 1.165) is 25.1 Å². The predicted molar refractivity (Wildman–Crippen MR) is 58.9 cm³/mol. The van der Waals surface area contributed by atoms with E-state index in [1.807, 2.05) is 6.92 Å². The van der Waals surface area contributed by atoms with E-state index in [0.29, 0.717) is 0 Å². The summed E-state index contributed by atoms with van der Waals surface area (Å²) in [6, 6.07) is 4.07. The lowest BCUT2D eigenvalue weighted by atomic mass is 10.0. The first-order valence-electron chi connectivity index (χ1n) is 5.58. The Morgan fingerprint density at radius 1 is 1.38 bits per heavy atom. The molecule has 4 heteroatoms. The number of likely N-dealkylation sites (tertiary alicyclic amines) is 1. The van der Waals surface area contributed by atoms with E-state index in [2.05, 4.69) is 4.90 Å². The summed E-state index contributed by atoms with van der Waals surface area (Å²) in [4.78, 5) is 2.19. The molecule has 1 fully saturated rings. The van der Waals surface area contributed by atoms with Crippen LogP contribution in [-0.2, 0) is 0 Å². The smallest absolute Gasteiger partial charge is 0.159 e. The van der Waals surface area contributed by atoms with E-state index >= 15 is 0 Å². The summed E-state index contributed by atoms with van der Waals surface area (Å²) in [5.74, 6) is -1.61. The van der Waals surface area contributed by atoms with E-state index in [9.17, 15) is 8.78 Å². The van der Waals surface area contributed by atoms with Crippen molar-refractivity contribution >= 4 is 0 Å². The number of likely N-dealkylation sites (N-methyl/N-ethyl adjacent to an activating group) is 1. The van der Waals surface area contributed by atoms with Gasteiger partial charge in [0.15, 0.2) is 11.6 Å². The van der Waals surface area contributed by atoms with Crippen molar-refractivity contribution in [1.82, 2.24) is 4.90 Å². The Kier molecular flexibility index (Phi) is 3.21.